The Balaban J connectivity index is 2.22. The highest BCUT2D eigenvalue weighted by Crippen LogP contribution is 2.41. The first-order valence-electron chi connectivity index (χ1n) is 7.46. The standard InChI is InChI=1S/C19H17F3O3/c1-25-17-9-5-6-14(12-17)10-11-16(23)13-18(24,19(20,21)22)15-7-3-2-4-8-15/h2-12,24H,13H2,1H3/b11-10+/t18-/m1/s1. The fourth-order valence-electron chi connectivity index (χ4n) is 2.33. The average molecular weight is 350 g/mol. The smallest absolute Gasteiger partial charge is 0.421 e. The Morgan fingerprint density at radius 1 is 1.12 bits per heavy atom. The lowest BCUT2D eigenvalue weighted by molar-refractivity contribution is -0.266. The van der Waals surface area contributed by atoms with Crippen LogP contribution in [0.5, 0.6) is 5.75 Å². The van der Waals surface area contributed by atoms with Gasteiger partial charge in [-0.2, -0.15) is 13.2 Å². The normalized spacial score (nSPS) is 14.3. The molecular formula is C19H17F3O3. The molecule has 0 aromatic heterocycles. The Morgan fingerprint density at radius 2 is 1.80 bits per heavy atom. The van der Waals surface area contributed by atoms with Gasteiger partial charge in [-0.05, 0) is 29.3 Å². The first-order valence-corrected chi connectivity index (χ1v) is 7.46. The van der Waals surface area contributed by atoms with Crippen LogP contribution in [0.4, 0.5) is 13.2 Å². The second kappa shape index (κ2) is 7.53. The molecule has 0 saturated carbocycles. The van der Waals surface area contributed by atoms with Crippen LogP contribution in [0.3, 0.4) is 0 Å². The van der Waals surface area contributed by atoms with Crippen molar-refractivity contribution in [2.75, 3.05) is 7.11 Å². The molecule has 2 aromatic rings. The summed E-state index contributed by atoms with van der Waals surface area (Å²) in [6.07, 6.45) is -3.67. The largest absolute Gasteiger partial charge is 0.497 e. The van der Waals surface area contributed by atoms with Gasteiger partial charge in [0.1, 0.15) is 5.75 Å². The number of ketones is 1. The maximum absolute atomic E-state index is 13.4. The molecule has 0 unspecified atom stereocenters. The maximum Gasteiger partial charge on any atom is 0.421 e. The van der Waals surface area contributed by atoms with E-state index >= 15 is 0 Å². The fraction of sp³-hybridized carbons (Fsp3) is 0.211. The van der Waals surface area contributed by atoms with Gasteiger partial charge in [-0.3, -0.25) is 4.79 Å². The third-order valence-electron chi connectivity index (χ3n) is 3.71. The fourth-order valence-corrected chi connectivity index (χ4v) is 2.33. The van der Waals surface area contributed by atoms with Gasteiger partial charge in [-0.15, -0.1) is 0 Å². The first kappa shape index (κ1) is 18.7. The summed E-state index contributed by atoms with van der Waals surface area (Å²) in [5, 5.41) is 10.2. The summed E-state index contributed by atoms with van der Waals surface area (Å²) in [6.45, 7) is 0. The number of hydrogen-bond donors (Lipinski definition) is 1. The topological polar surface area (TPSA) is 46.5 Å². The van der Waals surface area contributed by atoms with Crippen LogP contribution in [0, 0.1) is 0 Å². The minimum atomic E-state index is -4.98. The number of benzene rings is 2. The SMILES string of the molecule is COc1cccc(/C=C/C(=O)C[C@@](O)(c2ccccc2)C(F)(F)F)c1. The zero-order chi connectivity index (χ0) is 18.5. The molecule has 1 N–H and O–H groups in total. The molecule has 6 heteroatoms. The number of carbonyl (C=O) groups excluding carboxylic acids is 1. The van der Waals surface area contributed by atoms with Crippen molar-refractivity contribution in [1.29, 1.82) is 0 Å². The molecule has 0 radical (unpaired) electrons. The zero-order valence-corrected chi connectivity index (χ0v) is 13.5. The third kappa shape index (κ3) is 4.48. The van der Waals surface area contributed by atoms with Gasteiger partial charge in [0.2, 0.25) is 0 Å². The molecular weight excluding hydrogens is 333 g/mol. The van der Waals surface area contributed by atoms with E-state index in [9.17, 15) is 23.1 Å². The lowest BCUT2D eigenvalue weighted by atomic mass is 9.87. The van der Waals surface area contributed by atoms with Crippen molar-refractivity contribution >= 4 is 11.9 Å². The van der Waals surface area contributed by atoms with Gasteiger partial charge in [0.15, 0.2) is 11.4 Å². The summed E-state index contributed by atoms with van der Waals surface area (Å²) < 4.78 is 45.1. The van der Waals surface area contributed by atoms with Crippen LogP contribution in [0.2, 0.25) is 0 Å². The number of methoxy groups -OCH3 is 1. The predicted octanol–water partition coefficient (Wildman–Crippen LogP) is 4.12. The minimum absolute atomic E-state index is 0.370. The molecule has 0 bridgehead atoms. The van der Waals surface area contributed by atoms with Crippen molar-refractivity contribution in [3.63, 3.8) is 0 Å². The number of hydrogen-bond acceptors (Lipinski definition) is 3. The molecule has 132 valence electrons. The van der Waals surface area contributed by atoms with Crippen LogP contribution in [0.1, 0.15) is 17.5 Å². The highest BCUT2D eigenvalue weighted by molar-refractivity contribution is 5.94. The Hall–Kier alpha value is -2.60. The average Bonchev–Trinajstić information content (AvgIpc) is 2.60. The van der Waals surface area contributed by atoms with Gasteiger partial charge in [0, 0.05) is 0 Å². The van der Waals surface area contributed by atoms with Crippen molar-refractivity contribution in [2.24, 2.45) is 0 Å². The summed E-state index contributed by atoms with van der Waals surface area (Å²) in [7, 11) is 1.48. The summed E-state index contributed by atoms with van der Waals surface area (Å²) in [6, 6.07) is 13.3. The van der Waals surface area contributed by atoms with E-state index < -0.39 is 24.0 Å². The highest BCUT2D eigenvalue weighted by Gasteiger charge is 2.55. The molecule has 0 heterocycles. The molecule has 0 aliphatic heterocycles. The number of rotatable bonds is 6. The van der Waals surface area contributed by atoms with Crippen LogP contribution in [-0.4, -0.2) is 24.2 Å². The molecule has 3 nitrogen and oxygen atoms in total. The quantitative estimate of drug-likeness (QED) is 0.798. The monoisotopic (exact) mass is 350 g/mol. The first-order chi connectivity index (χ1) is 11.8. The van der Waals surface area contributed by atoms with Crippen molar-refractivity contribution in [2.45, 2.75) is 18.2 Å². The Bertz CT molecular complexity index is 754. The molecule has 0 aliphatic carbocycles. The van der Waals surface area contributed by atoms with Crippen LogP contribution in [-0.2, 0) is 10.4 Å². The molecule has 2 aromatic carbocycles. The van der Waals surface area contributed by atoms with E-state index in [1.165, 1.54) is 31.4 Å². The molecule has 0 fully saturated rings. The predicted molar refractivity (Wildman–Crippen MR) is 88.0 cm³/mol. The maximum atomic E-state index is 13.4. The number of ether oxygens (including phenoxy) is 1. The highest BCUT2D eigenvalue weighted by atomic mass is 19.4. The van der Waals surface area contributed by atoms with Crippen molar-refractivity contribution in [3.8, 4) is 5.75 Å². The van der Waals surface area contributed by atoms with Crippen LogP contribution in [0.25, 0.3) is 6.08 Å². The number of allylic oxidation sites excluding steroid dienone is 1. The number of aliphatic hydroxyl groups is 1. The summed E-state index contributed by atoms with van der Waals surface area (Å²) in [5.74, 6) is -0.280. The van der Waals surface area contributed by atoms with Gasteiger partial charge in [0.05, 0.1) is 13.5 Å². The Morgan fingerprint density at radius 3 is 2.40 bits per heavy atom. The van der Waals surface area contributed by atoms with Crippen LogP contribution < -0.4 is 4.74 Å². The van der Waals surface area contributed by atoms with E-state index in [1.54, 1.807) is 24.3 Å². The Labute approximate surface area is 143 Å². The lowest BCUT2D eigenvalue weighted by Crippen LogP contribution is -2.43. The number of halogens is 3. The summed E-state index contributed by atoms with van der Waals surface area (Å²) >= 11 is 0. The number of carbonyl (C=O) groups is 1. The van der Waals surface area contributed by atoms with Gasteiger partial charge in [-0.25, -0.2) is 0 Å². The van der Waals surface area contributed by atoms with E-state index in [0.717, 1.165) is 18.2 Å². The summed E-state index contributed by atoms with van der Waals surface area (Å²) in [4.78, 5) is 12.0. The molecule has 0 saturated heterocycles. The van der Waals surface area contributed by atoms with Crippen molar-refractivity contribution < 1.29 is 27.8 Å². The van der Waals surface area contributed by atoms with Gasteiger partial charge >= 0.3 is 6.18 Å². The van der Waals surface area contributed by atoms with E-state index in [0.29, 0.717) is 11.3 Å². The van der Waals surface area contributed by atoms with Crippen molar-refractivity contribution in [1.82, 2.24) is 0 Å². The lowest BCUT2D eigenvalue weighted by Gasteiger charge is -2.30. The second-order valence-corrected chi connectivity index (χ2v) is 5.48. The van der Waals surface area contributed by atoms with Gasteiger partial charge in [-0.1, -0.05) is 48.5 Å². The molecule has 0 spiro atoms. The van der Waals surface area contributed by atoms with Gasteiger partial charge < -0.3 is 9.84 Å². The number of alkyl halides is 3. The zero-order valence-electron chi connectivity index (χ0n) is 13.5. The van der Waals surface area contributed by atoms with Crippen LogP contribution in [0.15, 0.2) is 60.7 Å². The minimum Gasteiger partial charge on any atom is -0.497 e. The third-order valence-corrected chi connectivity index (χ3v) is 3.71. The Kier molecular flexibility index (Phi) is 5.64. The van der Waals surface area contributed by atoms with E-state index in [4.69, 9.17) is 4.74 Å². The van der Waals surface area contributed by atoms with E-state index in [-0.39, 0.29) is 5.56 Å². The molecule has 0 aliphatic rings. The van der Waals surface area contributed by atoms with E-state index in [2.05, 4.69) is 0 Å². The molecule has 2 rings (SSSR count). The molecule has 0 amide bonds. The van der Waals surface area contributed by atoms with Gasteiger partial charge in [0.25, 0.3) is 0 Å². The van der Waals surface area contributed by atoms with E-state index in [1.807, 2.05) is 0 Å². The second-order valence-electron chi connectivity index (χ2n) is 5.48. The van der Waals surface area contributed by atoms with Crippen LogP contribution >= 0.6 is 0 Å². The van der Waals surface area contributed by atoms with Crippen molar-refractivity contribution in [3.05, 3.63) is 71.8 Å². The summed E-state index contributed by atoms with van der Waals surface area (Å²) in [5.41, 5.74) is -3.00. The molecule has 25 heavy (non-hydrogen) atoms. The molecule has 1 atom stereocenters.